The van der Waals surface area contributed by atoms with Gasteiger partial charge in [-0.2, -0.15) is 0 Å². The molecule has 0 radical (unpaired) electrons. The first kappa shape index (κ1) is 19.8. The monoisotopic (exact) mass is 380 g/mol. The predicted molar refractivity (Wildman–Crippen MR) is 111 cm³/mol. The summed E-state index contributed by atoms with van der Waals surface area (Å²) >= 11 is 0. The smallest absolute Gasteiger partial charge is 0.337 e. The van der Waals surface area contributed by atoms with Gasteiger partial charge in [0.25, 0.3) is 0 Å². The van der Waals surface area contributed by atoms with Crippen LogP contribution in [0.2, 0.25) is 0 Å². The van der Waals surface area contributed by atoms with Crippen LogP contribution in [-0.2, 0) is 4.74 Å². The second kappa shape index (κ2) is 8.83. The van der Waals surface area contributed by atoms with Gasteiger partial charge in [-0.3, -0.25) is 0 Å². The Morgan fingerprint density at radius 3 is 2.32 bits per heavy atom. The van der Waals surface area contributed by atoms with Crippen LogP contribution in [0.3, 0.4) is 0 Å². The highest BCUT2D eigenvalue weighted by atomic mass is 19.1. The number of nitrogens with zero attached hydrogens (tertiary/aromatic N) is 2. The van der Waals surface area contributed by atoms with Crippen molar-refractivity contribution in [3.05, 3.63) is 59.9 Å². The molecule has 0 spiro atoms. The van der Waals surface area contributed by atoms with Gasteiger partial charge in [-0.15, -0.1) is 0 Å². The van der Waals surface area contributed by atoms with Crippen LogP contribution in [0.15, 0.2) is 48.5 Å². The third kappa shape index (κ3) is 4.14. The molecule has 3 aromatic rings. The Morgan fingerprint density at radius 2 is 1.71 bits per heavy atom. The SMILES string of the molecule is CCCN(CCC)c1cc2cc(C(=O)OC)ccc2nc1-c1ccc(F)cc1. The van der Waals surface area contributed by atoms with E-state index in [1.165, 1.54) is 19.2 Å². The Morgan fingerprint density at radius 1 is 1.04 bits per heavy atom. The van der Waals surface area contributed by atoms with Crippen molar-refractivity contribution in [2.75, 3.05) is 25.1 Å². The average molecular weight is 380 g/mol. The zero-order chi connectivity index (χ0) is 20.1. The minimum atomic E-state index is -0.370. The largest absolute Gasteiger partial charge is 0.465 e. The number of rotatable bonds is 7. The summed E-state index contributed by atoms with van der Waals surface area (Å²) in [4.78, 5) is 19.1. The summed E-state index contributed by atoms with van der Waals surface area (Å²) in [5, 5.41) is 0.876. The molecule has 146 valence electrons. The number of carbonyl (C=O) groups excluding carboxylic acids is 1. The van der Waals surface area contributed by atoms with Crippen molar-refractivity contribution in [3.63, 3.8) is 0 Å². The zero-order valence-corrected chi connectivity index (χ0v) is 16.5. The van der Waals surface area contributed by atoms with Gasteiger partial charge in [-0.25, -0.2) is 14.2 Å². The lowest BCUT2D eigenvalue weighted by atomic mass is 10.0. The lowest BCUT2D eigenvalue weighted by Gasteiger charge is -2.26. The molecule has 0 aliphatic carbocycles. The van der Waals surface area contributed by atoms with Crippen LogP contribution >= 0.6 is 0 Å². The zero-order valence-electron chi connectivity index (χ0n) is 16.5. The number of esters is 1. The van der Waals surface area contributed by atoms with Crippen molar-refractivity contribution in [2.24, 2.45) is 0 Å². The fraction of sp³-hybridized carbons (Fsp3) is 0.304. The first-order valence-electron chi connectivity index (χ1n) is 9.61. The first-order valence-corrected chi connectivity index (χ1v) is 9.61. The molecule has 28 heavy (non-hydrogen) atoms. The Bertz CT molecular complexity index is 964. The van der Waals surface area contributed by atoms with Crippen molar-refractivity contribution in [1.29, 1.82) is 0 Å². The number of benzene rings is 2. The summed E-state index contributed by atoms with van der Waals surface area (Å²) in [5.74, 6) is -0.641. The third-order valence-electron chi connectivity index (χ3n) is 4.66. The minimum absolute atomic E-state index is 0.271. The van der Waals surface area contributed by atoms with Crippen molar-refractivity contribution in [2.45, 2.75) is 26.7 Å². The number of methoxy groups -OCH3 is 1. The minimum Gasteiger partial charge on any atom is -0.465 e. The second-order valence-corrected chi connectivity index (χ2v) is 6.75. The summed E-state index contributed by atoms with van der Waals surface area (Å²) in [6.45, 7) is 6.08. The number of anilines is 1. The maximum Gasteiger partial charge on any atom is 0.337 e. The van der Waals surface area contributed by atoms with Crippen molar-refractivity contribution in [1.82, 2.24) is 4.98 Å². The molecule has 0 aliphatic heterocycles. The molecule has 0 unspecified atom stereocenters. The maximum atomic E-state index is 13.4. The van der Waals surface area contributed by atoms with Gasteiger partial charge in [0.05, 0.1) is 29.6 Å². The van der Waals surface area contributed by atoms with E-state index in [0.29, 0.717) is 5.56 Å². The van der Waals surface area contributed by atoms with Crippen LogP contribution in [0.4, 0.5) is 10.1 Å². The lowest BCUT2D eigenvalue weighted by Crippen LogP contribution is -2.25. The maximum absolute atomic E-state index is 13.4. The van der Waals surface area contributed by atoms with Crippen molar-refractivity contribution in [3.8, 4) is 11.3 Å². The molecule has 0 fully saturated rings. The van der Waals surface area contributed by atoms with E-state index in [2.05, 4.69) is 24.8 Å². The number of pyridine rings is 1. The molecule has 1 aromatic heterocycles. The number of ether oxygens (including phenoxy) is 1. The van der Waals surface area contributed by atoms with E-state index in [4.69, 9.17) is 9.72 Å². The van der Waals surface area contributed by atoms with Crippen LogP contribution in [0.5, 0.6) is 0 Å². The number of fused-ring (bicyclic) bond motifs is 1. The Kier molecular flexibility index (Phi) is 6.24. The Hall–Kier alpha value is -2.95. The summed E-state index contributed by atoms with van der Waals surface area (Å²) in [6.07, 6.45) is 2.01. The highest BCUT2D eigenvalue weighted by Crippen LogP contribution is 2.33. The van der Waals surface area contributed by atoms with E-state index in [1.54, 1.807) is 18.2 Å². The summed E-state index contributed by atoms with van der Waals surface area (Å²) < 4.78 is 18.3. The van der Waals surface area contributed by atoms with Crippen LogP contribution in [0.25, 0.3) is 22.2 Å². The predicted octanol–water partition coefficient (Wildman–Crippen LogP) is 5.45. The molecule has 0 aliphatic rings. The molecule has 1 heterocycles. The number of halogens is 1. The van der Waals surface area contributed by atoms with E-state index in [-0.39, 0.29) is 11.8 Å². The molecular weight excluding hydrogens is 355 g/mol. The van der Waals surface area contributed by atoms with Crippen molar-refractivity contribution >= 4 is 22.6 Å². The van der Waals surface area contributed by atoms with E-state index < -0.39 is 0 Å². The number of hydrogen-bond acceptors (Lipinski definition) is 4. The quantitative estimate of drug-likeness (QED) is 0.511. The van der Waals surface area contributed by atoms with Gasteiger partial charge in [-0.1, -0.05) is 13.8 Å². The van der Waals surface area contributed by atoms with E-state index in [9.17, 15) is 9.18 Å². The van der Waals surface area contributed by atoms with E-state index in [0.717, 1.165) is 53.8 Å². The molecular formula is C23H25FN2O2. The van der Waals surface area contributed by atoms with Gasteiger partial charge in [-0.05, 0) is 61.4 Å². The molecule has 0 atom stereocenters. The molecule has 0 bridgehead atoms. The van der Waals surface area contributed by atoms with E-state index in [1.807, 2.05) is 12.1 Å². The first-order chi connectivity index (χ1) is 13.6. The second-order valence-electron chi connectivity index (χ2n) is 6.75. The molecule has 0 saturated carbocycles. The van der Waals surface area contributed by atoms with Gasteiger partial charge in [0.15, 0.2) is 0 Å². The molecule has 4 nitrogen and oxygen atoms in total. The number of carbonyl (C=O) groups is 1. The third-order valence-corrected chi connectivity index (χ3v) is 4.66. The highest BCUT2D eigenvalue weighted by molar-refractivity contribution is 5.96. The standard InChI is InChI=1S/C23H25FN2O2/c1-4-12-26(13-5-2)21-15-18-14-17(23(27)28-3)8-11-20(18)25-22(21)16-6-9-19(24)10-7-16/h6-11,14-15H,4-5,12-13H2,1-3H3. The van der Waals surface area contributed by atoms with Gasteiger partial charge in [0.2, 0.25) is 0 Å². The average Bonchev–Trinajstić information content (AvgIpc) is 2.72. The van der Waals surface area contributed by atoms with Crippen LogP contribution in [0.1, 0.15) is 37.0 Å². The fourth-order valence-electron chi connectivity index (χ4n) is 3.36. The molecule has 5 heteroatoms. The summed E-state index contributed by atoms with van der Waals surface area (Å²) in [7, 11) is 1.37. The molecule has 3 rings (SSSR count). The summed E-state index contributed by atoms with van der Waals surface area (Å²) in [6, 6.07) is 13.8. The van der Waals surface area contributed by atoms with Crippen molar-refractivity contribution < 1.29 is 13.9 Å². The van der Waals surface area contributed by atoms with Crippen LogP contribution in [0, 0.1) is 5.82 Å². The molecule has 0 saturated heterocycles. The van der Waals surface area contributed by atoms with Gasteiger partial charge < -0.3 is 9.64 Å². The molecule has 2 aromatic carbocycles. The number of hydrogen-bond donors (Lipinski definition) is 0. The normalized spacial score (nSPS) is 10.9. The number of aromatic nitrogens is 1. The van der Waals surface area contributed by atoms with E-state index >= 15 is 0 Å². The van der Waals surface area contributed by atoms with Crippen LogP contribution in [-0.4, -0.2) is 31.2 Å². The van der Waals surface area contributed by atoms with Gasteiger partial charge in [0.1, 0.15) is 5.82 Å². The highest BCUT2D eigenvalue weighted by Gasteiger charge is 2.16. The molecule has 0 amide bonds. The topological polar surface area (TPSA) is 42.4 Å². The molecule has 0 N–H and O–H groups in total. The van der Waals surface area contributed by atoms with Crippen LogP contribution < -0.4 is 4.90 Å². The van der Waals surface area contributed by atoms with Gasteiger partial charge in [0, 0.05) is 24.0 Å². The Labute approximate surface area is 165 Å². The fourth-order valence-corrected chi connectivity index (χ4v) is 3.36. The Balaban J connectivity index is 2.21. The lowest BCUT2D eigenvalue weighted by molar-refractivity contribution is 0.0601. The van der Waals surface area contributed by atoms with Gasteiger partial charge >= 0.3 is 5.97 Å². The summed E-state index contributed by atoms with van der Waals surface area (Å²) in [5.41, 5.74) is 3.95.